The number of benzene rings is 1. The number of rotatable bonds is 10. The first kappa shape index (κ1) is 29.1. The Morgan fingerprint density at radius 2 is 1.67 bits per heavy atom. The highest BCUT2D eigenvalue weighted by atomic mass is 16.6. The van der Waals surface area contributed by atoms with Crippen molar-refractivity contribution in [2.45, 2.75) is 91.5 Å². The molecule has 3 atom stereocenters. The highest BCUT2D eigenvalue weighted by Gasteiger charge is 2.45. The van der Waals surface area contributed by atoms with Crippen molar-refractivity contribution in [1.29, 1.82) is 0 Å². The first-order chi connectivity index (χ1) is 16.8. The lowest BCUT2D eigenvalue weighted by Gasteiger charge is -2.36. The number of methoxy groups -OCH3 is 1. The van der Waals surface area contributed by atoms with Crippen LogP contribution in [0.25, 0.3) is 0 Å². The van der Waals surface area contributed by atoms with E-state index in [1.54, 1.807) is 25.7 Å². The maximum atomic E-state index is 14.1. The molecule has 1 aliphatic rings. The number of aryl methyl sites for hydroxylation is 2. The monoisotopic (exact) mass is 503 g/mol. The van der Waals surface area contributed by atoms with Gasteiger partial charge in [0.1, 0.15) is 24.2 Å². The Morgan fingerprint density at radius 3 is 2.14 bits per heavy atom. The largest absolute Gasteiger partial charge is 0.468 e. The number of esters is 1. The molecule has 1 saturated carbocycles. The fourth-order valence-corrected chi connectivity index (χ4v) is 4.08. The first-order valence-electron chi connectivity index (χ1n) is 12.5. The zero-order valence-corrected chi connectivity index (χ0v) is 22.8. The molecule has 1 aliphatic carbocycles. The zero-order chi connectivity index (χ0) is 27.2. The predicted molar refractivity (Wildman–Crippen MR) is 136 cm³/mol. The van der Waals surface area contributed by atoms with Gasteiger partial charge in [-0.15, -0.1) is 0 Å². The number of carbonyl (C=O) groups is 4. The lowest BCUT2D eigenvalue weighted by molar-refractivity contribution is -0.145. The number of alkyl carbamates (subject to hydrolysis) is 1. The maximum Gasteiger partial charge on any atom is 0.408 e. The molecule has 0 saturated heterocycles. The topological polar surface area (TPSA) is 114 Å². The van der Waals surface area contributed by atoms with Gasteiger partial charge in [0.2, 0.25) is 11.8 Å². The second kappa shape index (κ2) is 12.2. The summed E-state index contributed by atoms with van der Waals surface area (Å²) in [7, 11) is 1.25. The fourth-order valence-electron chi connectivity index (χ4n) is 4.08. The van der Waals surface area contributed by atoms with Gasteiger partial charge >= 0.3 is 12.1 Å². The van der Waals surface area contributed by atoms with Gasteiger partial charge < -0.3 is 25.0 Å². The second-order valence-corrected chi connectivity index (χ2v) is 10.6. The van der Waals surface area contributed by atoms with Crippen molar-refractivity contribution in [3.8, 4) is 0 Å². The van der Waals surface area contributed by atoms with Crippen LogP contribution >= 0.6 is 0 Å². The Bertz CT molecular complexity index is 946. The molecule has 1 aromatic rings. The molecule has 2 rings (SSSR count). The van der Waals surface area contributed by atoms with Crippen molar-refractivity contribution < 1.29 is 28.7 Å². The maximum absolute atomic E-state index is 14.1. The molecule has 9 heteroatoms. The SMILES string of the molecule is CCC(C)C(NC(=O)OC(C)(C)C)C(=O)N(C1CC1)C(C(=O)NCC(=O)OC)c1cc(C)cc(C)c1. The molecule has 2 N–H and O–H groups in total. The highest BCUT2D eigenvalue weighted by Crippen LogP contribution is 2.37. The lowest BCUT2D eigenvalue weighted by atomic mass is 9.94. The third kappa shape index (κ3) is 8.24. The number of hydrogen-bond acceptors (Lipinski definition) is 6. The number of nitrogens with zero attached hydrogens (tertiary/aromatic N) is 1. The summed E-state index contributed by atoms with van der Waals surface area (Å²) in [5.74, 6) is -1.62. The summed E-state index contributed by atoms with van der Waals surface area (Å²) in [6, 6.07) is 3.73. The summed E-state index contributed by atoms with van der Waals surface area (Å²) in [4.78, 5) is 53.6. The van der Waals surface area contributed by atoms with Crippen LogP contribution < -0.4 is 10.6 Å². The Morgan fingerprint density at radius 1 is 1.08 bits per heavy atom. The number of carbonyl (C=O) groups excluding carboxylic acids is 4. The van der Waals surface area contributed by atoms with Crippen molar-refractivity contribution in [3.05, 3.63) is 34.9 Å². The summed E-state index contributed by atoms with van der Waals surface area (Å²) in [5, 5.41) is 5.38. The van der Waals surface area contributed by atoms with Crippen LogP contribution in [-0.4, -0.2) is 60.1 Å². The lowest BCUT2D eigenvalue weighted by Crippen LogP contribution is -2.56. The van der Waals surface area contributed by atoms with E-state index in [1.807, 2.05) is 45.9 Å². The molecule has 0 bridgehead atoms. The van der Waals surface area contributed by atoms with Gasteiger partial charge in [-0.25, -0.2) is 4.79 Å². The Hall–Kier alpha value is -3.10. The highest BCUT2D eigenvalue weighted by molar-refractivity contribution is 5.93. The van der Waals surface area contributed by atoms with Crippen molar-refractivity contribution in [1.82, 2.24) is 15.5 Å². The minimum Gasteiger partial charge on any atom is -0.468 e. The molecule has 200 valence electrons. The summed E-state index contributed by atoms with van der Waals surface area (Å²) in [5.41, 5.74) is 1.82. The van der Waals surface area contributed by atoms with Gasteiger partial charge in [-0.05, 0) is 58.9 Å². The third-order valence-electron chi connectivity index (χ3n) is 6.07. The number of nitrogens with one attached hydrogen (secondary N) is 2. The van der Waals surface area contributed by atoms with E-state index in [-0.39, 0.29) is 24.4 Å². The Balaban J connectivity index is 2.49. The standard InChI is InChI=1S/C27H41N3O6/c1-9-18(4)22(29-26(34)36-27(5,6)7)25(33)30(20-10-11-20)23(24(32)28-15-21(31)35-8)19-13-16(2)12-17(3)14-19/h12-14,18,20,22-23H,9-11,15H2,1-8H3,(H,28,32)(H,29,34). The van der Waals surface area contributed by atoms with Crippen molar-refractivity contribution >= 4 is 23.9 Å². The second-order valence-electron chi connectivity index (χ2n) is 10.6. The molecule has 0 aromatic heterocycles. The third-order valence-corrected chi connectivity index (χ3v) is 6.07. The van der Waals surface area contributed by atoms with Gasteiger partial charge in [-0.2, -0.15) is 0 Å². The van der Waals surface area contributed by atoms with E-state index in [2.05, 4.69) is 15.4 Å². The van der Waals surface area contributed by atoms with E-state index in [0.29, 0.717) is 12.0 Å². The normalized spacial score (nSPS) is 15.8. The fraction of sp³-hybridized carbons (Fsp3) is 0.630. The molecule has 3 unspecified atom stereocenters. The quantitative estimate of drug-likeness (QED) is 0.472. The molecule has 0 spiro atoms. The van der Waals surface area contributed by atoms with Crippen LogP contribution in [0.5, 0.6) is 0 Å². The van der Waals surface area contributed by atoms with Crippen molar-refractivity contribution in [3.63, 3.8) is 0 Å². The Kier molecular flexibility index (Phi) is 9.90. The summed E-state index contributed by atoms with van der Waals surface area (Å²) >= 11 is 0. The number of hydrogen-bond donors (Lipinski definition) is 2. The van der Waals surface area contributed by atoms with Crippen LogP contribution in [0.15, 0.2) is 18.2 Å². The molecular weight excluding hydrogens is 462 g/mol. The van der Waals surface area contributed by atoms with Crippen LogP contribution in [-0.2, 0) is 23.9 Å². The number of ether oxygens (including phenoxy) is 2. The van der Waals surface area contributed by atoms with Gasteiger partial charge in [0, 0.05) is 6.04 Å². The van der Waals surface area contributed by atoms with Crippen LogP contribution in [0.4, 0.5) is 4.79 Å². The van der Waals surface area contributed by atoms with Crippen molar-refractivity contribution in [2.24, 2.45) is 5.92 Å². The van der Waals surface area contributed by atoms with E-state index < -0.39 is 35.7 Å². The van der Waals surface area contributed by atoms with E-state index in [9.17, 15) is 19.2 Å². The minimum absolute atomic E-state index is 0.154. The molecule has 0 heterocycles. The molecule has 1 aromatic carbocycles. The van der Waals surface area contributed by atoms with E-state index in [0.717, 1.165) is 24.0 Å². The van der Waals surface area contributed by atoms with Gasteiger partial charge in [-0.1, -0.05) is 49.6 Å². The molecule has 36 heavy (non-hydrogen) atoms. The molecule has 9 nitrogen and oxygen atoms in total. The zero-order valence-electron chi connectivity index (χ0n) is 22.8. The minimum atomic E-state index is -0.972. The van der Waals surface area contributed by atoms with Crippen LogP contribution in [0, 0.1) is 19.8 Å². The van der Waals surface area contributed by atoms with E-state index in [4.69, 9.17) is 4.74 Å². The number of amides is 3. The van der Waals surface area contributed by atoms with Gasteiger partial charge in [-0.3, -0.25) is 14.4 Å². The summed E-state index contributed by atoms with van der Waals surface area (Å²) < 4.78 is 10.1. The Labute approximate surface area is 214 Å². The first-order valence-corrected chi connectivity index (χ1v) is 12.5. The van der Waals surface area contributed by atoms with Gasteiger partial charge in [0.15, 0.2) is 0 Å². The predicted octanol–water partition coefficient (Wildman–Crippen LogP) is 3.56. The van der Waals surface area contributed by atoms with Crippen LogP contribution in [0.1, 0.15) is 76.6 Å². The summed E-state index contributed by atoms with van der Waals surface area (Å²) in [6.07, 6.45) is 1.44. The smallest absolute Gasteiger partial charge is 0.408 e. The average molecular weight is 504 g/mol. The molecule has 1 fully saturated rings. The van der Waals surface area contributed by atoms with E-state index >= 15 is 0 Å². The van der Waals surface area contributed by atoms with Gasteiger partial charge in [0.05, 0.1) is 7.11 Å². The van der Waals surface area contributed by atoms with E-state index in [1.165, 1.54) is 7.11 Å². The van der Waals surface area contributed by atoms with Crippen LogP contribution in [0.2, 0.25) is 0 Å². The molecule has 0 radical (unpaired) electrons. The summed E-state index contributed by atoms with van der Waals surface area (Å²) in [6.45, 7) is 12.6. The average Bonchev–Trinajstić information content (AvgIpc) is 3.61. The van der Waals surface area contributed by atoms with Crippen molar-refractivity contribution in [2.75, 3.05) is 13.7 Å². The molecule has 0 aliphatic heterocycles. The molecular formula is C27H41N3O6. The van der Waals surface area contributed by atoms with Crippen LogP contribution in [0.3, 0.4) is 0 Å². The molecule has 3 amide bonds. The van der Waals surface area contributed by atoms with Gasteiger partial charge in [0.25, 0.3) is 0 Å².